The molecule has 0 amide bonds. The van der Waals surface area contributed by atoms with E-state index in [9.17, 15) is 4.57 Å². The van der Waals surface area contributed by atoms with Crippen LogP contribution in [-0.4, -0.2) is 14.2 Å². The number of benzene rings is 3. The topological polar surface area (TPSA) is 47.6 Å². The van der Waals surface area contributed by atoms with Crippen molar-refractivity contribution in [3.63, 3.8) is 0 Å². The first-order valence-electron chi connectivity index (χ1n) is 9.17. The summed E-state index contributed by atoms with van der Waals surface area (Å²) in [5, 5.41) is 4.41. The van der Waals surface area contributed by atoms with E-state index < -0.39 is 19.1 Å². The second kappa shape index (κ2) is 9.06. The van der Waals surface area contributed by atoms with Gasteiger partial charge in [-0.15, -0.1) is 0 Å². The lowest BCUT2D eigenvalue weighted by molar-refractivity contribution is 0.244. The van der Waals surface area contributed by atoms with Crippen LogP contribution in [0.4, 0.5) is 0 Å². The van der Waals surface area contributed by atoms with Gasteiger partial charge in [0.1, 0.15) is 5.28 Å². The van der Waals surface area contributed by atoms with Gasteiger partial charge in [0, 0.05) is 24.8 Å². The van der Waals surface area contributed by atoms with E-state index in [0.717, 1.165) is 16.2 Å². The Morgan fingerprint density at radius 3 is 1.52 bits per heavy atom. The Kier molecular flexibility index (Phi) is 6.90. The van der Waals surface area contributed by atoms with Crippen LogP contribution in [0.2, 0.25) is 0 Å². The molecule has 3 rings (SSSR count). The molecule has 0 saturated carbocycles. The van der Waals surface area contributed by atoms with Crippen molar-refractivity contribution in [2.24, 2.45) is 0 Å². The van der Waals surface area contributed by atoms with Gasteiger partial charge in [-0.3, -0.25) is 9.65 Å². The summed E-state index contributed by atoms with van der Waals surface area (Å²) in [4.78, 5) is 0. The van der Waals surface area contributed by atoms with Crippen molar-refractivity contribution in [3.8, 4) is 0 Å². The fourth-order valence-corrected chi connectivity index (χ4v) is 9.60. The van der Waals surface area contributed by atoms with E-state index >= 15 is 0 Å². The van der Waals surface area contributed by atoms with Crippen molar-refractivity contribution >= 4 is 36.2 Å². The third kappa shape index (κ3) is 4.18. The van der Waals surface area contributed by atoms with E-state index in [1.165, 1.54) is 14.2 Å². The monoisotopic (exact) mass is 445 g/mol. The summed E-state index contributed by atoms with van der Waals surface area (Å²) in [6.07, 6.45) is -2.58. The smallest absolute Gasteiger partial charge is 0.310 e. The van der Waals surface area contributed by atoms with Crippen molar-refractivity contribution in [3.05, 3.63) is 96.6 Å². The Morgan fingerprint density at radius 1 is 0.759 bits per heavy atom. The molecule has 3 aromatic rings. The molecule has 0 aliphatic rings. The summed E-state index contributed by atoms with van der Waals surface area (Å²) in [5.41, 5.74) is 0.785. The van der Waals surface area contributed by atoms with Crippen LogP contribution in [0.5, 0.6) is 0 Å². The van der Waals surface area contributed by atoms with E-state index in [0.29, 0.717) is 0 Å². The minimum Gasteiger partial charge on any atom is -0.310 e. The largest absolute Gasteiger partial charge is 0.354 e. The zero-order chi connectivity index (χ0) is 21.0. The molecular formula is C22H25NO3P2S. The lowest BCUT2D eigenvalue weighted by Gasteiger charge is -2.40. The second-order valence-corrected chi connectivity index (χ2v) is 13.4. The lowest BCUT2D eigenvalue weighted by Crippen LogP contribution is -2.42. The van der Waals surface area contributed by atoms with Crippen LogP contribution in [0.3, 0.4) is 0 Å². The minimum absolute atomic E-state index is 0.785. The van der Waals surface area contributed by atoms with Crippen molar-refractivity contribution in [2.75, 3.05) is 14.2 Å². The number of hydrogen-bond acceptors (Lipinski definition) is 4. The molecule has 0 unspecified atom stereocenters. The van der Waals surface area contributed by atoms with Gasteiger partial charge in [0.15, 0.2) is 0 Å². The molecule has 0 aliphatic carbocycles. The normalized spacial score (nSPS) is 14.3. The molecule has 29 heavy (non-hydrogen) atoms. The Bertz CT molecular complexity index is 980. The van der Waals surface area contributed by atoms with E-state index in [4.69, 9.17) is 20.9 Å². The molecule has 0 spiro atoms. The van der Waals surface area contributed by atoms with Crippen molar-refractivity contribution in [1.29, 1.82) is 0 Å². The molecule has 3 aromatic carbocycles. The molecular weight excluding hydrogens is 420 g/mol. The minimum atomic E-state index is -3.61. The maximum atomic E-state index is 13.8. The molecule has 0 aromatic heterocycles. The molecule has 0 aliphatic heterocycles. The Hall–Kier alpha value is -1.58. The molecule has 0 heterocycles. The molecule has 0 bridgehead atoms. The Morgan fingerprint density at radius 2 is 1.14 bits per heavy atom. The first-order chi connectivity index (χ1) is 13.9. The highest BCUT2D eigenvalue weighted by atomic mass is 32.4. The quantitative estimate of drug-likeness (QED) is 0.496. The molecule has 0 radical (unpaired) electrons. The van der Waals surface area contributed by atoms with E-state index in [2.05, 4.69) is 5.09 Å². The van der Waals surface area contributed by atoms with Crippen molar-refractivity contribution < 1.29 is 13.6 Å². The fourth-order valence-electron chi connectivity index (χ4n) is 3.35. The van der Waals surface area contributed by atoms with E-state index in [-0.39, 0.29) is 0 Å². The highest BCUT2D eigenvalue weighted by Gasteiger charge is 2.50. The zero-order valence-corrected chi connectivity index (χ0v) is 19.3. The second-order valence-electron chi connectivity index (χ2n) is 6.69. The highest BCUT2D eigenvalue weighted by molar-refractivity contribution is 8.21. The van der Waals surface area contributed by atoms with Crippen LogP contribution in [0, 0.1) is 0 Å². The van der Waals surface area contributed by atoms with Gasteiger partial charge in [-0.25, -0.2) is 0 Å². The van der Waals surface area contributed by atoms with Crippen LogP contribution in [-0.2, 0) is 30.7 Å². The van der Waals surface area contributed by atoms with E-state index in [1.807, 2.05) is 97.9 Å². The summed E-state index contributed by atoms with van der Waals surface area (Å²) in [6, 6.07) is 29.4. The third-order valence-corrected chi connectivity index (χ3v) is 11.9. The predicted octanol–water partition coefficient (Wildman–Crippen LogP) is 4.98. The van der Waals surface area contributed by atoms with Gasteiger partial charge in [0.25, 0.3) is 0 Å². The molecule has 7 heteroatoms. The number of rotatable bonds is 8. The summed E-state index contributed by atoms with van der Waals surface area (Å²) in [6.45, 7) is 1.84. The van der Waals surface area contributed by atoms with Gasteiger partial charge in [-0.1, -0.05) is 103 Å². The molecule has 0 fully saturated rings. The molecule has 1 atom stereocenters. The number of nitrogens with one attached hydrogen (secondary N) is 1. The van der Waals surface area contributed by atoms with E-state index in [1.54, 1.807) is 0 Å². The fraction of sp³-hybridized carbons (Fsp3) is 0.182. The average molecular weight is 445 g/mol. The average Bonchev–Trinajstić information content (AvgIpc) is 2.80. The van der Waals surface area contributed by atoms with Gasteiger partial charge in [-0.05, 0) is 12.5 Å². The zero-order valence-electron chi connectivity index (χ0n) is 16.7. The Balaban J connectivity index is 2.25. The maximum absolute atomic E-state index is 13.8. The van der Waals surface area contributed by atoms with Crippen molar-refractivity contribution in [2.45, 2.75) is 12.2 Å². The first kappa shape index (κ1) is 22.1. The van der Waals surface area contributed by atoms with Crippen LogP contribution in [0.25, 0.3) is 0 Å². The van der Waals surface area contributed by atoms with Crippen LogP contribution in [0.15, 0.2) is 91.0 Å². The summed E-state index contributed by atoms with van der Waals surface area (Å²) in [7, 11) is -0.804. The van der Waals surface area contributed by atoms with Crippen LogP contribution < -0.4 is 15.7 Å². The lowest BCUT2D eigenvalue weighted by atomic mass is 10.1. The summed E-state index contributed by atoms with van der Waals surface area (Å²) < 4.78 is 24.7. The number of hydrogen-bond donors (Lipinski definition) is 1. The van der Waals surface area contributed by atoms with Gasteiger partial charge in [0.05, 0.1) is 6.19 Å². The van der Waals surface area contributed by atoms with Crippen molar-refractivity contribution in [1.82, 2.24) is 5.09 Å². The molecule has 1 N–H and O–H groups in total. The maximum Gasteiger partial charge on any atom is 0.354 e. The summed E-state index contributed by atoms with van der Waals surface area (Å²) in [5.74, 6) is 0. The molecule has 4 nitrogen and oxygen atoms in total. The van der Waals surface area contributed by atoms with Gasteiger partial charge in [0.2, 0.25) is 0 Å². The van der Waals surface area contributed by atoms with Gasteiger partial charge in [-0.2, -0.15) is 0 Å². The molecule has 152 valence electrons. The van der Waals surface area contributed by atoms with Gasteiger partial charge >= 0.3 is 7.60 Å². The SMILES string of the molecule is COP(=O)(OC)[C@@](C)(NP(=S)(c1ccccc1)c1ccccc1)c1ccccc1. The highest BCUT2D eigenvalue weighted by Crippen LogP contribution is 2.65. The van der Waals surface area contributed by atoms with Crippen LogP contribution >= 0.6 is 13.8 Å². The first-order valence-corrected chi connectivity index (χ1v) is 13.5. The van der Waals surface area contributed by atoms with Gasteiger partial charge < -0.3 is 9.05 Å². The predicted molar refractivity (Wildman–Crippen MR) is 125 cm³/mol. The molecule has 0 saturated heterocycles. The summed E-state index contributed by atoms with van der Waals surface area (Å²) >= 11 is 6.32. The third-order valence-electron chi connectivity index (χ3n) is 4.98. The standard InChI is InChI=1S/C22H25NO3P2S/c1-22(28(24,25-2)26-3,19-13-7-4-8-14-19)23-27(29,20-15-9-5-10-16-20)21-17-11-6-12-18-21/h4-18H,1-3H3,(H,23,29)/t22-/m1/s1. The van der Waals surface area contributed by atoms with Crippen LogP contribution in [0.1, 0.15) is 12.5 Å². The Labute approximate surface area is 177 Å².